The Labute approximate surface area is 162 Å². The SMILES string of the molecule is COC(=O)C1=C(C)NC(C)=C(C(=O)OC)C1c1ccc(-c2ccccc2)s1. The van der Waals surface area contributed by atoms with Gasteiger partial charge in [0, 0.05) is 21.1 Å². The van der Waals surface area contributed by atoms with Gasteiger partial charge in [0.25, 0.3) is 0 Å². The van der Waals surface area contributed by atoms with Gasteiger partial charge in [-0.1, -0.05) is 30.3 Å². The lowest BCUT2D eigenvalue weighted by molar-refractivity contribution is -0.137. The third kappa shape index (κ3) is 3.53. The highest BCUT2D eigenvalue weighted by molar-refractivity contribution is 7.15. The number of ether oxygens (including phenoxy) is 2. The third-order valence-electron chi connectivity index (χ3n) is 4.54. The number of thiophene rings is 1. The van der Waals surface area contributed by atoms with Crippen LogP contribution in [0.4, 0.5) is 0 Å². The number of dihydropyridines is 1. The highest BCUT2D eigenvalue weighted by Crippen LogP contribution is 2.43. The van der Waals surface area contributed by atoms with Crippen molar-refractivity contribution < 1.29 is 19.1 Å². The standard InChI is InChI=1S/C21H21NO4S/c1-12-17(20(23)25-3)19(18(13(2)22-12)21(24)26-4)16-11-10-15(27-16)14-8-6-5-7-9-14/h5-11,19,22H,1-4H3. The van der Waals surface area contributed by atoms with E-state index in [1.807, 2.05) is 56.3 Å². The largest absolute Gasteiger partial charge is 0.466 e. The van der Waals surface area contributed by atoms with Gasteiger partial charge in [-0.3, -0.25) is 0 Å². The monoisotopic (exact) mass is 383 g/mol. The van der Waals surface area contributed by atoms with Crippen LogP contribution in [0.2, 0.25) is 0 Å². The molecule has 140 valence electrons. The zero-order valence-electron chi connectivity index (χ0n) is 15.7. The van der Waals surface area contributed by atoms with E-state index in [0.717, 1.165) is 15.3 Å². The van der Waals surface area contributed by atoms with Crippen molar-refractivity contribution in [3.05, 3.63) is 69.9 Å². The number of hydrogen-bond acceptors (Lipinski definition) is 6. The quantitative estimate of drug-likeness (QED) is 0.809. The summed E-state index contributed by atoms with van der Waals surface area (Å²) in [6, 6.07) is 13.9. The maximum absolute atomic E-state index is 12.5. The molecule has 2 heterocycles. The maximum atomic E-state index is 12.5. The Kier molecular flexibility index (Phi) is 5.46. The molecular weight excluding hydrogens is 362 g/mol. The number of benzene rings is 1. The zero-order chi connectivity index (χ0) is 19.6. The van der Waals surface area contributed by atoms with E-state index in [0.29, 0.717) is 22.5 Å². The molecule has 0 amide bonds. The van der Waals surface area contributed by atoms with Gasteiger partial charge in [-0.2, -0.15) is 0 Å². The molecule has 0 radical (unpaired) electrons. The molecule has 1 aliphatic rings. The van der Waals surface area contributed by atoms with E-state index >= 15 is 0 Å². The van der Waals surface area contributed by atoms with Crippen molar-refractivity contribution in [2.24, 2.45) is 0 Å². The fourth-order valence-corrected chi connectivity index (χ4v) is 4.44. The van der Waals surface area contributed by atoms with Crippen LogP contribution in [-0.2, 0) is 19.1 Å². The Balaban J connectivity index is 2.14. The lowest BCUT2D eigenvalue weighted by Crippen LogP contribution is -2.31. The van der Waals surface area contributed by atoms with Crippen molar-refractivity contribution in [2.75, 3.05) is 14.2 Å². The summed E-state index contributed by atoms with van der Waals surface area (Å²) in [6.07, 6.45) is 0. The normalized spacial score (nSPS) is 14.8. The minimum Gasteiger partial charge on any atom is -0.466 e. The second-order valence-corrected chi connectivity index (χ2v) is 7.30. The average molecular weight is 383 g/mol. The lowest BCUT2D eigenvalue weighted by Gasteiger charge is -2.29. The first-order valence-corrected chi connectivity index (χ1v) is 9.30. The predicted octanol–water partition coefficient (Wildman–Crippen LogP) is 4.00. The number of carbonyl (C=O) groups is 2. The average Bonchev–Trinajstić information content (AvgIpc) is 3.17. The molecule has 0 spiro atoms. The molecule has 6 heteroatoms. The van der Waals surface area contributed by atoms with Gasteiger partial charge in [0.1, 0.15) is 0 Å². The van der Waals surface area contributed by atoms with Gasteiger partial charge < -0.3 is 14.8 Å². The van der Waals surface area contributed by atoms with Crippen molar-refractivity contribution in [1.82, 2.24) is 5.32 Å². The van der Waals surface area contributed by atoms with Crippen molar-refractivity contribution in [3.63, 3.8) is 0 Å². The van der Waals surface area contributed by atoms with Gasteiger partial charge in [-0.25, -0.2) is 9.59 Å². The van der Waals surface area contributed by atoms with Gasteiger partial charge in [0.05, 0.1) is 31.3 Å². The molecule has 5 nitrogen and oxygen atoms in total. The number of hydrogen-bond donors (Lipinski definition) is 1. The van der Waals surface area contributed by atoms with Crippen molar-refractivity contribution >= 4 is 23.3 Å². The summed E-state index contributed by atoms with van der Waals surface area (Å²) in [6.45, 7) is 3.62. The Hall–Kier alpha value is -2.86. The van der Waals surface area contributed by atoms with E-state index < -0.39 is 17.9 Å². The minimum absolute atomic E-state index is 0.421. The molecule has 0 saturated carbocycles. The van der Waals surface area contributed by atoms with Crippen LogP contribution in [0.1, 0.15) is 24.6 Å². The predicted molar refractivity (Wildman–Crippen MR) is 105 cm³/mol. The number of rotatable bonds is 4. The van der Waals surface area contributed by atoms with Crippen molar-refractivity contribution in [2.45, 2.75) is 19.8 Å². The molecule has 0 aliphatic carbocycles. The van der Waals surface area contributed by atoms with E-state index in [9.17, 15) is 9.59 Å². The third-order valence-corrected chi connectivity index (χ3v) is 5.74. The summed E-state index contributed by atoms with van der Waals surface area (Å²) >= 11 is 1.55. The molecule has 0 fully saturated rings. The van der Waals surface area contributed by atoms with E-state index in [1.165, 1.54) is 14.2 Å². The van der Waals surface area contributed by atoms with Crippen LogP contribution >= 0.6 is 11.3 Å². The topological polar surface area (TPSA) is 64.6 Å². The van der Waals surface area contributed by atoms with E-state index in [-0.39, 0.29) is 0 Å². The Morgan fingerprint density at radius 1 is 0.889 bits per heavy atom. The highest BCUT2D eigenvalue weighted by atomic mass is 32.1. The molecule has 27 heavy (non-hydrogen) atoms. The molecule has 0 saturated heterocycles. The smallest absolute Gasteiger partial charge is 0.336 e. The second-order valence-electron chi connectivity index (χ2n) is 6.19. The van der Waals surface area contributed by atoms with Crippen LogP contribution < -0.4 is 5.32 Å². The Bertz CT molecular complexity index is 902. The van der Waals surface area contributed by atoms with Gasteiger partial charge in [0.2, 0.25) is 0 Å². The molecule has 2 aromatic rings. The molecule has 0 unspecified atom stereocenters. The first-order valence-electron chi connectivity index (χ1n) is 8.48. The molecule has 0 atom stereocenters. The fourth-order valence-electron chi connectivity index (χ4n) is 3.31. The fraction of sp³-hybridized carbons (Fsp3) is 0.238. The van der Waals surface area contributed by atoms with E-state index in [1.54, 1.807) is 11.3 Å². The molecule has 1 aromatic carbocycles. The lowest BCUT2D eigenvalue weighted by atomic mass is 9.84. The van der Waals surface area contributed by atoms with Crippen molar-refractivity contribution in [1.29, 1.82) is 0 Å². The number of esters is 2. The van der Waals surface area contributed by atoms with Crippen LogP contribution in [0.5, 0.6) is 0 Å². The molecular formula is C21H21NO4S. The van der Waals surface area contributed by atoms with Crippen molar-refractivity contribution in [3.8, 4) is 10.4 Å². The summed E-state index contributed by atoms with van der Waals surface area (Å²) in [4.78, 5) is 27.0. The molecule has 3 rings (SSSR count). The summed E-state index contributed by atoms with van der Waals surface area (Å²) < 4.78 is 9.99. The van der Waals surface area contributed by atoms with E-state index in [4.69, 9.17) is 9.47 Å². The van der Waals surface area contributed by atoms with Crippen LogP contribution in [0.25, 0.3) is 10.4 Å². The summed E-state index contributed by atoms with van der Waals surface area (Å²) in [5.41, 5.74) is 3.27. The Morgan fingerprint density at radius 3 is 1.96 bits per heavy atom. The van der Waals surface area contributed by atoms with Crippen LogP contribution in [-0.4, -0.2) is 26.2 Å². The zero-order valence-corrected chi connectivity index (χ0v) is 16.5. The minimum atomic E-state index is -0.534. The number of nitrogens with one attached hydrogen (secondary N) is 1. The molecule has 0 bridgehead atoms. The van der Waals surface area contributed by atoms with Gasteiger partial charge in [0.15, 0.2) is 0 Å². The summed E-state index contributed by atoms with van der Waals surface area (Å²) in [5, 5.41) is 3.11. The second kappa shape index (κ2) is 7.80. The number of allylic oxidation sites excluding steroid dienone is 2. The maximum Gasteiger partial charge on any atom is 0.336 e. The van der Waals surface area contributed by atoms with Crippen LogP contribution in [0, 0.1) is 0 Å². The molecule has 1 N–H and O–H groups in total. The molecule has 1 aliphatic heterocycles. The van der Waals surface area contributed by atoms with E-state index in [2.05, 4.69) is 5.32 Å². The van der Waals surface area contributed by atoms with Gasteiger partial charge >= 0.3 is 11.9 Å². The van der Waals surface area contributed by atoms with Crippen LogP contribution in [0.15, 0.2) is 65.0 Å². The molecule has 1 aromatic heterocycles. The first-order chi connectivity index (χ1) is 13.0. The first kappa shape index (κ1) is 18.9. The highest BCUT2D eigenvalue weighted by Gasteiger charge is 2.38. The Morgan fingerprint density at radius 2 is 1.44 bits per heavy atom. The summed E-state index contributed by atoms with van der Waals surface area (Å²) in [7, 11) is 2.68. The van der Waals surface area contributed by atoms with Gasteiger partial charge in [-0.05, 0) is 31.5 Å². The van der Waals surface area contributed by atoms with Crippen LogP contribution in [0.3, 0.4) is 0 Å². The number of carbonyl (C=O) groups excluding carboxylic acids is 2. The number of methoxy groups -OCH3 is 2. The van der Waals surface area contributed by atoms with Gasteiger partial charge in [-0.15, -0.1) is 11.3 Å². The summed E-state index contributed by atoms with van der Waals surface area (Å²) in [5.74, 6) is -1.46.